The molecule has 0 saturated carbocycles. The molecule has 0 aromatic carbocycles. The highest BCUT2D eigenvalue weighted by Gasteiger charge is 2.50. The number of hydrogen-bond acceptors (Lipinski definition) is 10. The first-order chi connectivity index (χ1) is 26.9. The van der Waals surface area contributed by atoms with E-state index in [1.807, 2.05) is 0 Å². The second-order valence-electron chi connectivity index (χ2n) is 22.3. The molecule has 4 heterocycles. The Morgan fingerprint density at radius 2 is 0.845 bits per heavy atom. The van der Waals surface area contributed by atoms with Crippen LogP contribution in [0.4, 0.5) is 17.8 Å². The van der Waals surface area contributed by atoms with E-state index in [0.717, 1.165) is 121 Å². The molecule has 0 bridgehead atoms. The summed E-state index contributed by atoms with van der Waals surface area (Å²) >= 11 is 0. The van der Waals surface area contributed by atoms with Crippen molar-refractivity contribution >= 4 is 17.8 Å². The van der Waals surface area contributed by atoms with Gasteiger partial charge in [0.1, 0.15) is 0 Å². The molecule has 4 rings (SSSR count). The lowest BCUT2D eigenvalue weighted by atomic mass is 9.76. The average molecular weight is 810 g/mol. The highest BCUT2D eigenvalue weighted by molar-refractivity contribution is 5.49. The zero-order chi connectivity index (χ0) is 43.5. The predicted octanol–water partition coefficient (Wildman–Crippen LogP) is 9.56. The van der Waals surface area contributed by atoms with Crippen molar-refractivity contribution in [1.29, 1.82) is 0 Å². The van der Waals surface area contributed by atoms with Gasteiger partial charge in [-0.1, -0.05) is 46.1 Å². The van der Waals surface area contributed by atoms with Crippen LogP contribution >= 0.6 is 0 Å². The lowest BCUT2D eigenvalue weighted by Gasteiger charge is -2.57. The van der Waals surface area contributed by atoms with E-state index in [9.17, 15) is 5.11 Å². The van der Waals surface area contributed by atoms with E-state index in [1.54, 1.807) is 0 Å². The Kier molecular flexibility index (Phi) is 15.9. The molecule has 0 aliphatic carbocycles. The summed E-state index contributed by atoms with van der Waals surface area (Å²) in [4.78, 5) is 32.6. The zero-order valence-electron chi connectivity index (χ0n) is 40.7. The summed E-state index contributed by atoms with van der Waals surface area (Å²) in [5.41, 5.74) is -0.163. The number of hydrogen-bond donors (Lipinski definition) is 1. The zero-order valence-corrected chi connectivity index (χ0v) is 40.7. The molecule has 0 atom stereocenters. The third-order valence-corrected chi connectivity index (χ3v) is 14.7. The number of aliphatic hydroxyl groups is 1. The smallest absolute Gasteiger partial charge is 0.232 e. The summed E-state index contributed by atoms with van der Waals surface area (Å²) in [6.07, 6.45) is 14.8. The van der Waals surface area contributed by atoms with Crippen LogP contribution in [0.15, 0.2) is 12.7 Å². The molecule has 10 nitrogen and oxygen atoms in total. The van der Waals surface area contributed by atoms with Crippen molar-refractivity contribution in [2.45, 2.75) is 232 Å². The minimum absolute atomic E-state index is 0.0188. The largest absolute Gasteiger partial charge is 0.395 e. The van der Waals surface area contributed by atoms with Crippen molar-refractivity contribution in [3.63, 3.8) is 0 Å². The van der Waals surface area contributed by atoms with Crippen molar-refractivity contribution in [3.8, 4) is 0 Å². The van der Waals surface area contributed by atoms with Gasteiger partial charge in [0.2, 0.25) is 17.8 Å². The van der Waals surface area contributed by atoms with Crippen LogP contribution in [0.25, 0.3) is 0 Å². The highest BCUT2D eigenvalue weighted by Crippen LogP contribution is 2.45. The van der Waals surface area contributed by atoms with Crippen LogP contribution in [-0.2, 0) is 0 Å². The second-order valence-corrected chi connectivity index (χ2v) is 22.3. The topological polar surface area (TPSA) is 78.3 Å². The van der Waals surface area contributed by atoms with Gasteiger partial charge < -0.3 is 19.8 Å². The summed E-state index contributed by atoms with van der Waals surface area (Å²) in [6, 6.07) is 0.849. The van der Waals surface area contributed by atoms with E-state index >= 15 is 0 Å². The van der Waals surface area contributed by atoms with Crippen LogP contribution in [0, 0.1) is 0 Å². The van der Waals surface area contributed by atoms with Gasteiger partial charge >= 0.3 is 0 Å². The van der Waals surface area contributed by atoms with E-state index in [4.69, 9.17) is 15.0 Å². The number of rotatable bonds is 19. The van der Waals surface area contributed by atoms with Gasteiger partial charge in [0.15, 0.2) is 0 Å². The first-order valence-electron chi connectivity index (χ1n) is 23.5. The van der Waals surface area contributed by atoms with Gasteiger partial charge in [-0.05, 0) is 148 Å². The van der Waals surface area contributed by atoms with Crippen LogP contribution in [0.3, 0.4) is 0 Å². The van der Waals surface area contributed by atoms with Crippen molar-refractivity contribution < 1.29 is 5.11 Å². The number of aliphatic hydroxyl groups excluding tert-OH is 1. The lowest BCUT2D eigenvalue weighted by Crippen LogP contribution is -2.65. The summed E-state index contributed by atoms with van der Waals surface area (Å²) in [6.45, 7) is 44.3. The molecule has 0 amide bonds. The molecule has 3 saturated heterocycles. The summed E-state index contributed by atoms with van der Waals surface area (Å²) in [7, 11) is 2.31. The molecule has 334 valence electrons. The second kappa shape index (κ2) is 18.9. The standard InChI is InChI=1S/C48H91N9O/c1-18-22-26-53(37-31-43(5,6)52(17)44(7,8)32-37)40-49-41(54(27-23-19-2)38-33-45(9,10)56(25-21-4)46(11,12)34-38)51-42(50-40)55(28-24-20-3)39-35-47(13,14)57(29-30-58)48(15,16)36-39/h21,37-39,58H,4,18-20,22-36H2,1-3,5-17H3. The van der Waals surface area contributed by atoms with E-state index in [0.29, 0.717) is 12.6 Å². The summed E-state index contributed by atoms with van der Waals surface area (Å²) < 4.78 is 0. The Morgan fingerprint density at radius 3 is 1.12 bits per heavy atom. The van der Waals surface area contributed by atoms with E-state index < -0.39 is 0 Å². The minimum atomic E-state index is -0.0967. The fourth-order valence-corrected chi connectivity index (χ4v) is 11.9. The fourth-order valence-electron chi connectivity index (χ4n) is 11.9. The summed E-state index contributed by atoms with van der Waals surface area (Å²) in [5, 5.41) is 10.1. The minimum Gasteiger partial charge on any atom is -0.395 e. The molecule has 0 unspecified atom stereocenters. The van der Waals surface area contributed by atoms with Gasteiger partial charge in [0.25, 0.3) is 0 Å². The van der Waals surface area contributed by atoms with E-state index in [-0.39, 0.29) is 51.9 Å². The Bertz CT molecular complexity index is 1420. The highest BCUT2D eigenvalue weighted by atomic mass is 16.3. The third kappa shape index (κ3) is 10.9. The van der Waals surface area contributed by atoms with Crippen LogP contribution in [0.5, 0.6) is 0 Å². The van der Waals surface area contributed by atoms with E-state index in [1.165, 1.54) is 0 Å². The Hall–Kier alpha value is -2.01. The quantitative estimate of drug-likeness (QED) is 0.137. The Morgan fingerprint density at radius 1 is 0.552 bits per heavy atom. The third-order valence-electron chi connectivity index (χ3n) is 14.7. The average Bonchev–Trinajstić information content (AvgIpc) is 3.10. The number of β-amino-alcohol motifs (C(OH)–C–C–N with tert-alkyl or cyclic N) is 1. The molecule has 0 radical (unpaired) electrons. The van der Waals surface area contributed by atoms with Gasteiger partial charge in [-0.15, -0.1) is 6.58 Å². The van der Waals surface area contributed by atoms with Crippen molar-refractivity contribution in [2.75, 3.05) is 61.1 Å². The van der Waals surface area contributed by atoms with Crippen LogP contribution in [0.2, 0.25) is 0 Å². The molecule has 1 aromatic heterocycles. The van der Waals surface area contributed by atoms with Gasteiger partial charge in [-0.3, -0.25) is 14.7 Å². The van der Waals surface area contributed by atoms with Crippen molar-refractivity contribution in [2.24, 2.45) is 0 Å². The number of aromatic nitrogens is 3. The number of likely N-dealkylation sites (tertiary alicyclic amines) is 3. The Labute approximate surface area is 357 Å². The van der Waals surface area contributed by atoms with Crippen molar-refractivity contribution in [3.05, 3.63) is 12.7 Å². The van der Waals surface area contributed by atoms with Crippen LogP contribution < -0.4 is 14.7 Å². The fraction of sp³-hybridized carbons (Fsp3) is 0.896. The molecular weight excluding hydrogens is 719 g/mol. The SMILES string of the molecule is C=CCN1C(C)(C)CC(N(CCCC)c2nc(N(CCCC)C3CC(C)(C)N(C)C(C)(C)C3)nc(N(CCCC)C3CC(C)(C)N(CCO)C(C)(C)C3)n2)CC1(C)C. The van der Waals surface area contributed by atoms with Gasteiger partial charge in [0.05, 0.1) is 6.61 Å². The molecule has 58 heavy (non-hydrogen) atoms. The van der Waals surface area contributed by atoms with Gasteiger partial charge in [-0.2, -0.15) is 15.0 Å². The molecule has 3 fully saturated rings. The molecule has 1 N–H and O–H groups in total. The number of anilines is 3. The van der Waals surface area contributed by atoms with Gasteiger partial charge in [0, 0.05) is 84.1 Å². The number of piperidine rings is 3. The summed E-state index contributed by atoms with van der Waals surface area (Å²) in [5.74, 6) is 2.56. The van der Waals surface area contributed by atoms with Gasteiger partial charge in [-0.25, -0.2) is 0 Å². The normalized spacial score (nSPS) is 23.8. The molecule has 0 spiro atoms. The molecule has 1 aromatic rings. The number of nitrogens with zero attached hydrogens (tertiary/aromatic N) is 9. The molecule has 10 heteroatoms. The maximum Gasteiger partial charge on any atom is 0.232 e. The lowest BCUT2D eigenvalue weighted by molar-refractivity contribution is -0.0448. The molecule has 3 aliphatic heterocycles. The van der Waals surface area contributed by atoms with Crippen LogP contribution in [0.1, 0.15) is 181 Å². The maximum atomic E-state index is 10.1. The first-order valence-corrected chi connectivity index (χ1v) is 23.5. The van der Waals surface area contributed by atoms with E-state index in [2.05, 4.69) is 153 Å². The first kappa shape index (κ1) is 48.7. The van der Waals surface area contributed by atoms with Crippen LogP contribution in [-0.4, -0.2) is 132 Å². The Balaban J connectivity index is 1.97. The maximum absolute atomic E-state index is 10.1. The molecular formula is C48H91N9O. The van der Waals surface area contributed by atoms with Crippen molar-refractivity contribution in [1.82, 2.24) is 29.7 Å². The monoisotopic (exact) mass is 810 g/mol. The molecule has 3 aliphatic rings. The number of unbranched alkanes of at least 4 members (excludes halogenated alkanes) is 3. The predicted molar refractivity (Wildman–Crippen MR) is 249 cm³/mol.